The lowest BCUT2D eigenvalue weighted by atomic mass is 9.96. The molecule has 184 valence electrons. The van der Waals surface area contributed by atoms with Crippen LogP contribution >= 0.6 is 11.6 Å². The van der Waals surface area contributed by atoms with E-state index in [1.807, 2.05) is 0 Å². The standard InChI is InChI=1S/C22H21ClFN5O5S/c1-28-20(22(32)26-16-5-6-18(24)17(23)8-16)9-19(27-35(28,33)34)14-4-2-3-13(7-14)15-10-25-29(11-15)12-21(30)31/h2-8,10-11,19-20,27H,9,12H2,1H3,(H,26,32)(H,30,31). The topological polar surface area (TPSA) is 134 Å². The van der Waals surface area contributed by atoms with Gasteiger partial charge in [0.15, 0.2) is 0 Å². The predicted molar refractivity (Wildman–Crippen MR) is 126 cm³/mol. The summed E-state index contributed by atoms with van der Waals surface area (Å²) in [4.78, 5) is 23.9. The third-order valence-corrected chi connectivity index (χ3v) is 7.50. The van der Waals surface area contributed by atoms with Crippen LogP contribution in [-0.4, -0.2) is 52.6 Å². The van der Waals surface area contributed by atoms with Crippen LogP contribution in [-0.2, 0) is 26.3 Å². The molecule has 3 N–H and O–H groups in total. The van der Waals surface area contributed by atoms with Gasteiger partial charge in [0.2, 0.25) is 5.91 Å². The number of carboxylic acid groups (broad SMARTS) is 1. The molecule has 0 saturated carbocycles. The van der Waals surface area contributed by atoms with Gasteiger partial charge in [-0.2, -0.15) is 22.5 Å². The van der Waals surface area contributed by atoms with Crippen LogP contribution in [0, 0.1) is 5.82 Å². The van der Waals surface area contributed by atoms with Crippen LogP contribution in [0.25, 0.3) is 11.1 Å². The molecule has 2 aromatic carbocycles. The molecule has 0 radical (unpaired) electrons. The second kappa shape index (κ2) is 9.74. The second-order valence-corrected chi connectivity index (χ2v) is 10.2. The van der Waals surface area contributed by atoms with Gasteiger partial charge in [-0.1, -0.05) is 29.8 Å². The molecule has 1 saturated heterocycles. The Morgan fingerprint density at radius 1 is 1.26 bits per heavy atom. The van der Waals surface area contributed by atoms with E-state index in [1.165, 1.54) is 30.1 Å². The molecule has 2 heterocycles. The average molecular weight is 522 g/mol. The van der Waals surface area contributed by atoms with Crippen LogP contribution in [0.2, 0.25) is 5.02 Å². The maximum absolute atomic E-state index is 13.4. The number of hydrogen-bond donors (Lipinski definition) is 3. The number of amides is 1. The van der Waals surface area contributed by atoms with Gasteiger partial charge in [0.25, 0.3) is 10.2 Å². The molecule has 1 aliphatic rings. The molecule has 2 atom stereocenters. The van der Waals surface area contributed by atoms with E-state index in [2.05, 4.69) is 15.1 Å². The molecule has 1 amide bonds. The lowest BCUT2D eigenvalue weighted by Gasteiger charge is -2.36. The van der Waals surface area contributed by atoms with E-state index in [0.29, 0.717) is 16.7 Å². The van der Waals surface area contributed by atoms with Gasteiger partial charge in [0.1, 0.15) is 18.4 Å². The fraction of sp³-hybridized carbons (Fsp3) is 0.227. The number of carbonyl (C=O) groups is 2. The summed E-state index contributed by atoms with van der Waals surface area (Å²) in [7, 11) is -2.69. The summed E-state index contributed by atoms with van der Waals surface area (Å²) in [6.07, 6.45) is 3.22. The lowest BCUT2D eigenvalue weighted by Crippen LogP contribution is -2.55. The molecule has 0 aliphatic carbocycles. The largest absolute Gasteiger partial charge is 0.480 e. The van der Waals surface area contributed by atoms with Crippen LogP contribution in [0.4, 0.5) is 10.1 Å². The third-order valence-electron chi connectivity index (χ3n) is 5.61. The molecule has 10 nitrogen and oxygen atoms in total. The zero-order chi connectivity index (χ0) is 25.3. The van der Waals surface area contributed by atoms with E-state index in [4.69, 9.17) is 16.7 Å². The normalized spacial score (nSPS) is 19.9. The zero-order valence-corrected chi connectivity index (χ0v) is 19.9. The van der Waals surface area contributed by atoms with Crippen LogP contribution in [0.1, 0.15) is 18.0 Å². The highest BCUT2D eigenvalue weighted by Crippen LogP contribution is 2.31. The van der Waals surface area contributed by atoms with Crippen molar-refractivity contribution in [3.05, 3.63) is 71.3 Å². The Morgan fingerprint density at radius 3 is 2.74 bits per heavy atom. The molecule has 13 heteroatoms. The summed E-state index contributed by atoms with van der Waals surface area (Å²) in [6.45, 7) is -0.287. The first kappa shape index (κ1) is 24.8. The van der Waals surface area contributed by atoms with Gasteiger partial charge < -0.3 is 10.4 Å². The van der Waals surface area contributed by atoms with Gasteiger partial charge in [-0.15, -0.1) is 0 Å². The number of aromatic nitrogens is 2. The van der Waals surface area contributed by atoms with Gasteiger partial charge in [-0.3, -0.25) is 14.3 Å². The number of carboxylic acids is 1. The Bertz CT molecular complexity index is 1400. The van der Waals surface area contributed by atoms with Crippen LogP contribution in [0.5, 0.6) is 0 Å². The summed E-state index contributed by atoms with van der Waals surface area (Å²) < 4.78 is 43.8. The highest BCUT2D eigenvalue weighted by Gasteiger charge is 2.40. The van der Waals surface area contributed by atoms with Crippen LogP contribution in [0.15, 0.2) is 54.9 Å². The van der Waals surface area contributed by atoms with Gasteiger partial charge >= 0.3 is 5.97 Å². The number of rotatable bonds is 6. The van der Waals surface area contributed by atoms with Crippen LogP contribution < -0.4 is 10.0 Å². The van der Waals surface area contributed by atoms with Crippen molar-refractivity contribution in [3.8, 4) is 11.1 Å². The molecule has 3 aromatic rings. The molecule has 0 bridgehead atoms. The summed E-state index contributed by atoms with van der Waals surface area (Å²) >= 11 is 5.77. The van der Waals surface area contributed by atoms with Gasteiger partial charge in [0.05, 0.1) is 11.2 Å². The Kier molecular flexibility index (Phi) is 6.90. The van der Waals surface area contributed by atoms with E-state index < -0.39 is 40.0 Å². The maximum atomic E-state index is 13.4. The zero-order valence-electron chi connectivity index (χ0n) is 18.4. The van der Waals surface area contributed by atoms with E-state index in [0.717, 1.165) is 10.4 Å². The average Bonchev–Trinajstić information content (AvgIpc) is 3.26. The summed E-state index contributed by atoms with van der Waals surface area (Å²) in [6, 6.07) is 8.95. The van der Waals surface area contributed by atoms with E-state index in [-0.39, 0.29) is 23.7 Å². The van der Waals surface area contributed by atoms with Crippen molar-refractivity contribution >= 4 is 39.4 Å². The van der Waals surface area contributed by atoms with E-state index in [1.54, 1.807) is 30.5 Å². The Labute approximate surface area is 205 Å². The van der Waals surface area contributed by atoms with Crippen LogP contribution in [0.3, 0.4) is 0 Å². The second-order valence-electron chi connectivity index (χ2n) is 8.01. The van der Waals surface area contributed by atoms with Crippen molar-refractivity contribution < 1.29 is 27.5 Å². The number of likely N-dealkylation sites (N-methyl/N-ethyl adjacent to an activating group) is 1. The molecule has 0 spiro atoms. The number of benzene rings is 2. The van der Waals surface area contributed by atoms with Gasteiger partial charge in [0, 0.05) is 30.5 Å². The Morgan fingerprint density at radius 2 is 2.03 bits per heavy atom. The van der Waals surface area contributed by atoms with Crippen molar-refractivity contribution in [2.75, 3.05) is 12.4 Å². The summed E-state index contributed by atoms with van der Waals surface area (Å²) in [5, 5.41) is 15.4. The first-order chi connectivity index (χ1) is 16.5. The van der Waals surface area contributed by atoms with Crippen molar-refractivity contribution in [1.82, 2.24) is 18.8 Å². The number of anilines is 1. The summed E-state index contributed by atoms with van der Waals surface area (Å²) in [5.74, 6) is -2.25. The van der Waals surface area contributed by atoms with Gasteiger partial charge in [-0.25, -0.2) is 4.39 Å². The van der Waals surface area contributed by atoms with Gasteiger partial charge in [-0.05, 0) is 41.8 Å². The minimum Gasteiger partial charge on any atom is -0.480 e. The highest BCUT2D eigenvalue weighted by molar-refractivity contribution is 7.87. The molecule has 1 aromatic heterocycles. The Balaban J connectivity index is 1.58. The van der Waals surface area contributed by atoms with E-state index >= 15 is 0 Å². The number of nitrogens with zero attached hydrogens (tertiary/aromatic N) is 3. The van der Waals surface area contributed by atoms with Crippen molar-refractivity contribution in [2.45, 2.75) is 25.0 Å². The highest BCUT2D eigenvalue weighted by atomic mass is 35.5. The fourth-order valence-electron chi connectivity index (χ4n) is 3.80. The smallest absolute Gasteiger partial charge is 0.325 e. The first-order valence-corrected chi connectivity index (χ1v) is 12.2. The third kappa shape index (κ3) is 5.51. The fourth-order valence-corrected chi connectivity index (χ4v) is 5.25. The molecular weight excluding hydrogens is 501 g/mol. The minimum absolute atomic E-state index is 0.123. The quantitative estimate of drug-likeness (QED) is 0.456. The SMILES string of the molecule is CN1C(C(=O)Nc2ccc(F)c(Cl)c2)CC(c2cccc(-c3cnn(CC(=O)O)c3)c2)NS1(=O)=O. The number of carbonyl (C=O) groups excluding carboxylic acids is 1. The summed E-state index contributed by atoms with van der Waals surface area (Å²) in [5.41, 5.74) is 2.22. The molecule has 35 heavy (non-hydrogen) atoms. The van der Waals surface area contributed by atoms with Crippen molar-refractivity contribution in [2.24, 2.45) is 0 Å². The molecule has 2 unspecified atom stereocenters. The number of nitrogens with one attached hydrogen (secondary N) is 2. The minimum atomic E-state index is -3.99. The maximum Gasteiger partial charge on any atom is 0.325 e. The van der Waals surface area contributed by atoms with Crippen molar-refractivity contribution in [3.63, 3.8) is 0 Å². The van der Waals surface area contributed by atoms with E-state index in [9.17, 15) is 22.4 Å². The number of hydrogen-bond acceptors (Lipinski definition) is 5. The number of halogens is 2. The molecule has 1 aliphatic heterocycles. The Hall–Kier alpha value is -3.32. The monoisotopic (exact) mass is 521 g/mol. The predicted octanol–water partition coefficient (Wildman–Crippen LogP) is 2.65. The van der Waals surface area contributed by atoms with Crippen molar-refractivity contribution in [1.29, 1.82) is 0 Å². The molecule has 4 rings (SSSR count). The first-order valence-electron chi connectivity index (χ1n) is 10.4. The lowest BCUT2D eigenvalue weighted by molar-refractivity contribution is -0.137. The number of aliphatic carboxylic acids is 1. The molecular formula is C22H21ClFN5O5S. The molecule has 1 fully saturated rings.